The first-order chi connectivity index (χ1) is 7.80. The van der Waals surface area contributed by atoms with Crippen molar-refractivity contribution < 1.29 is 9.90 Å². The van der Waals surface area contributed by atoms with E-state index in [0.29, 0.717) is 0 Å². The van der Waals surface area contributed by atoms with E-state index in [1.807, 2.05) is 45.0 Å². The van der Waals surface area contributed by atoms with E-state index in [1.165, 1.54) is 9.13 Å². The fourth-order valence-electron chi connectivity index (χ4n) is 1.61. The van der Waals surface area contributed by atoms with E-state index in [2.05, 4.69) is 27.9 Å². The summed E-state index contributed by atoms with van der Waals surface area (Å²) >= 11 is 2.28. The van der Waals surface area contributed by atoms with Crippen molar-refractivity contribution in [1.29, 1.82) is 0 Å². The quantitative estimate of drug-likeness (QED) is 0.822. The molecule has 0 heterocycles. The van der Waals surface area contributed by atoms with Gasteiger partial charge in [0.05, 0.1) is 0 Å². The second-order valence-electron chi connectivity index (χ2n) is 5.16. The second kappa shape index (κ2) is 5.71. The zero-order valence-corrected chi connectivity index (χ0v) is 12.5. The van der Waals surface area contributed by atoms with Crippen LogP contribution in [0.15, 0.2) is 24.3 Å². The first kappa shape index (κ1) is 14.3. The minimum Gasteiger partial charge on any atom is -0.465 e. The number of rotatable bonds is 3. The van der Waals surface area contributed by atoms with Crippen LogP contribution in [-0.2, 0) is 6.42 Å². The molecule has 1 atom stereocenters. The molecule has 1 unspecified atom stereocenters. The van der Waals surface area contributed by atoms with Gasteiger partial charge in [0.2, 0.25) is 0 Å². The predicted octanol–water partition coefficient (Wildman–Crippen LogP) is 3.52. The minimum atomic E-state index is -0.962. The molecule has 94 valence electrons. The van der Waals surface area contributed by atoms with Gasteiger partial charge in [0.1, 0.15) is 0 Å². The van der Waals surface area contributed by atoms with Gasteiger partial charge >= 0.3 is 6.09 Å². The fraction of sp³-hybridized carbons (Fsp3) is 0.462. The zero-order chi connectivity index (χ0) is 13.1. The molecule has 1 amide bonds. The molecule has 0 aliphatic rings. The van der Waals surface area contributed by atoms with Gasteiger partial charge in [0, 0.05) is 9.61 Å². The standard InChI is InChI=1S/C13H18INO2/c1-13(2,3)11(15-12(16)17)8-9-6-4-5-7-10(9)14/h4-7,11,15H,8H2,1-3H3,(H,16,17). The summed E-state index contributed by atoms with van der Waals surface area (Å²) in [7, 11) is 0. The van der Waals surface area contributed by atoms with Crippen molar-refractivity contribution >= 4 is 28.7 Å². The molecule has 1 rings (SSSR count). The number of benzene rings is 1. The Kier molecular flexibility index (Phi) is 4.80. The van der Waals surface area contributed by atoms with Crippen LogP contribution in [-0.4, -0.2) is 17.2 Å². The van der Waals surface area contributed by atoms with Crippen molar-refractivity contribution in [3.8, 4) is 0 Å². The molecule has 1 aromatic carbocycles. The molecule has 0 saturated carbocycles. The molecule has 0 aromatic heterocycles. The normalized spacial score (nSPS) is 13.2. The lowest BCUT2D eigenvalue weighted by molar-refractivity contribution is 0.174. The summed E-state index contributed by atoms with van der Waals surface area (Å²) in [5.74, 6) is 0. The van der Waals surface area contributed by atoms with Crippen LogP contribution in [0.5, 0.6) is 0 Å². The van der Waals surface area contributed by atoms with E-state index < -0.39 is 6.09 Å². The molecule has 0 aliphatic carbocycles. The van der Waals surface area contributed by atoms with E-state index in [1.54, 1.807) is 0 Å². The Balaban J connectivity index is 2.87. The zero-order valence-electron chi connectivity index (χ0n) is 10.3. The van der Waals surface area contributed by atoms with Crippen molar-refractivity contribution in [2.45, 2.75) is 33.2 Å². The number of carbonyl (C=O) groups is 1. The lowest BCUT2D eigenvalue weighted by atomic mass is 9.83. The van der Waals surface area contributed by atoms with Gasteiger partial charge < -0.3 is 10.4 Å². The monoisotopic (exact) mass is 347 g/mol. The third kappa shape index (κ3) is 4.53. The van der Waals surface area contributed by atoms with Crippen molar-refractivity contribution in [2.24, 2.45) is 5.41 Å². The Bertz CT molecular complexity index is 399. The van der Waals surface area contributed by atoms with Gasteiger partial charge in [-0.3, -0.25) is 0 Å². The maximum absolute atomic E-state index is 10.8. The summed E-state index contributed by atoms with van der Waals surface area (Å²) in [5, 5.41) is 11.5. The summed E-state index contributed by atoms with van der Waals surface area (Å²) in [4.78, 5) is 10.8. The predicted molar refractivity (Wildman–Crippen MR) is 77.3 cm³/mol. The largest absolute Gasteiger partial charge is 0.465 e. The lowest BCUT2D eigenvalue weighted by Crippen LogP contribution is -2.44. The third-order valence-corrected chi connectivity index (χ3v) is 3.78. The molecule has 2 N–H and O–H groups in total. The van der Waals surface area contributed by atoms with Crippen molar-refractivity contribution in [3.05, 3.63) is 33.4 Å². The third-order valence-electron chi connectivity index (χ3n) is 2.72. The molecule has 17 heavy (non-hydrogen) atoms. The van der Waals surface area contributed by atoms with Crippen LogP contribution in [0.4, 0.5) is 4.79 Å². The molecule has 1 aromatic rings. The van der Waals surface area contributed by atoms with Crippen LogP contribution in [0.3, 0.4) is 0 Å². The number of hydrogen-bond donors (Lipinski definition) is 2. The van der Waals surface area contributed by atoms with Gasteiger partial charge in [-0.15, -0.1) is 0 Å². The van der Waals surface area contributed by atoms with Gasteiger partial charge in [0.15, 0.2) is 0 Å². The van der Waals surface area contributed by atoms with Crippen LogP contribution in [0, 0.1) is 8.99 Å². The Morgan fingerprint density at radius 2 is 2.00 bits per heavy atom. The van der Waals surface area contributed by atoms with E-state index in [0.717, 1.165) is 6.42 Å². The maximum Gasteiger partial charge on any atom is 0.404 e. The van der Waals surface area contributed by atoms with Crippen LogP contribution < -0.4 is 5.32 Å². The first-order valence-corrected chi connectivity index (χ1v) is 6.61. The Morgan fingerprint density at radius 1 is 1.41 bits per heavy atom. The summed E-state index contributed by atoms with van der Waals surface area (Å²) < 4.78 is 1.17. The van der Waals surface area contributed by atoms with E-state index in [9.17, 15) is 4.79 Å². The van der Waals surface area contributed by atoms with Gasteiger partial charge in [-0.2, -0.15) is 0 Å². The van der Waals surface area contributed by atoms with Gasteiger partial charge in [-0.05, 0) is 46.1 Å². The SMILES string of the molecule is CC(C)(C)C(Cc1ccccc1I)NC(=O)O. The number of nitrogens with one attached hydrogen (secondary N) is 1. The average molecular weight is 347 g/mol. The van der Waals surface area contributed by atoms with Crippen molar-refractivity contribution in [1.82, 2.24) is 5.32 Å². The Morgan fingerprint density at radius 3 is 2.47 bits per heavy atom. The number of hydrogen-bond acceptors (Lipinski definition) is 1. The van der Waals surface area contributed by atoms with Gasteiger partial charge in [-0.25, -0.2) is 4.79 Å². The average Bonchev–Trinajstić information content (AvgIpc) is 2.18. The molecular weight excluding hydrogens is 329 g/mol. The number of carboxylic acid groups (broad SMARTS) is 1. The highest BCUT2D eigenvalue weighted by Gasteiger charge is 2.26. The molecule has 0 saturated heterocycles. The highest BCUT2D eigenvalue weighted by atomic mass is 127. The summed E-state index contributed by atoms with van der Waals surface area (Å²) in [6, 6.07) is 7.97. The van der Waals surface area contributed by atoms with Gasteiger partial charge in [-0.1, -0.05) is 39.0 Å². The van der Waals surface area contributed by atoms with E-state index in [4.69, 9.17) is 5.11 Å². The van der Waals surface area contributed by atoms with Crippen LogP contribution >= 0.6 is 22.6 Å². The maximum atomic E-state index is 10.8. The smallest absolute Gasteiger partial charge is 0.404 e. The number of amides is 1. The summed E-state index contributed by atoms with van der Waals surface area (Å²) in [5.41, 5.74) is 1.08. The molecule has 0 aliphatic heterocycles. The van der Waals surface area contributed by atoms with Crippen LogP contribution in [0.2, 0.25) is 0 Å². The highest BCUT2D eigenvalue weighted by Crippen LogP contribution is 2.24. The Hall–Kier alpha value is -0.780. The topological polar surface area (TPSA) is 49.3 Å². The molecule has 0 spiro atoms. The van der Waals surface area contributed by atoms with Crippen LogP contribution in [0.25, 0.3) is 0 Å². The molecule has 4 heteroatoms. The fourth-order valence-corrected chi connectivity index (χ4v) is 2.21. The molecule has 0 bridgehead atoms. The second-order valence-corrected chi connectivity index (χ2v) is 6.33. The Labute approximate surface area is 116 Å². The van der Waals surface area contributed by atoms with E-state index in [-0.39, 0.29) is 11.5 Å². The minimum absolute atomic E-state index is 0.0871. The van der Waals surface area contributed by atoms with E-state index >= 15 is 0 Å². The number of halogens is 1. The highest BCUT2D eigenvalue weighted by molar-refractivity contribution is 14.1. The van der Waals surface area contributed by atoms with Crippen molar-refractivity contribution in [3.63, 3.8) is 0 Å². The molecule has 0 fully saturated rings. The van der Waals surface area contributed by atoms with Gasteiger partial charge in [0.25, 0.3) is 0 Å². The van der Waals surface area contributed by atoms with Crippen LogP contribution in [0.1, 0.15) is 26.3 Å². The molecule has 0 radical (unpaired) electrons. The molecule has 3 nitrogen and oxygen atoms in total. The summed E-state index contributed by atoms with van der Waals surface area (Å²) in [6.45, 7) is 6.14. The van der Waals surface area contributed by atoms with Crippen molar-refractivity contribution in [2.75, 3.05) is 0 Å². The lowest BCUT2D eigenvalue weighted by Gasteiger charge is -2.30. The first-order valence-electron chi connectivity index (χ1n) is 5.53. The summed E-state index contributed by atoms with van der Waals surface area (Å²) in [6.07, 6.45) is -0.245. The molecular formula is C13H18INO2.